The van der Waals surface area contributed by atoms with E-state index in [0.29, 0.717) is 17.0 Å². The first-order chi connectivity index (χ1) is 11.2. The molecule has 4 atom stereocenters. The Balaban J connectivity index is 2.08. The Hall–Kier alpha value is -1.84. The van der Waals surface area contributed by atoms with Gasteiger partial charge in [0.1, 0.15) is 0 Å². The van der Waals surface area contributed by atoms with Gasteiger partial charge in [0.05, 0.1) is 11.6 Å². The summed E-state index contributed by atoms with van der Waals surface area (Å²) in [4.78, 5) is 11.6. The summed E-state index contributed by atoms with van der Waals surface area (Å²) < 4.78 is 0. The van der Waals surface area contributed by atoms with Gasteiger partial charge in [0, 0.05) is 5.56 Å². The highest BCUT2D eigenvalue weighted by atomic mass is 16.4. The zero-order valence-electron chi connectivity index (χ0n) is 15.0. The van der Waals surface area contributed by atoms with Crippen LogP contribution in [0.4, 0.5) is 0 Å². The number of amides is 1. The highest BCUT2D eigenvalue weighted by Gasteiger charge is 2.61. The van der Waals surface area contributed by atoms with Crippen LogP contribution in [-0.2, 0) is 4.79 Å². The minimum absolute atomic E-state index is 0.226. The van der Waals surface area contributed by atoms with Gasteiger partial charge in [-0.25, -0.2) is 0 Å². The molecule has 24 heavy (non-hydrogen) atoms. The van der Waals surface area contributed by atoms with Crippen molar-refractivity contribution < 1.29 is 10.0 Å². The van der Waals surface area contributed by atoms with Crippen LogP contribution in [0.5, 0.6) is 0 Å². The van der Waals surface area contributed by atoms with E-state index in [0.717, 1.165) is 17.9 Å². The van der Waals surface area contributed by atoms with Gasteiger partial charge in [0.15, 0.2) is 0 Å². The highest BCUT2D eigenvalue weighted by molar-refractivity contribution is 6.13. The molecule has 2 aliphatic carbocycles. The normalized spacial score (nSPS) is 32.8. The third-order valence-electron chi connectivity index (χ3n) is 7.35. The summed E-state index contributed by atoms with van der Waals surface area (Å²) >= 11 is 0. The standard InChI is InChI=1S/C20H28N2O2/c1-12(18(21)23)17(22-24)15-8-6-5-7-14(15)16-11-13-9-10-20(16,4)19(13,2)3/h5-8,12-13,16,24H,9-11H2,1-4H3,(H2,21,23). The van der Waals surface area contributed by atoms with Crippen LogP contribution in [0.2, 0.25) is 0 Å². The molecule has 0 aromatic heterocycles. The fourth-order valence-corrected chi connectivity index (χ4v) is 5.22. The van der Waals surface area contributed by atoms with Crippen molar-refractivity contribution in [2.45, 2.75) is 52.9 Å². The van der Waals surface area contributed by atoms with E-state index in [9.17, 15) is 10.0 Å². The Kier molecular flexibility index (Phi) is 3.97. The van der Waals surface area contributed by atoms with Crippen LogP contribution in [0.1, 0.15) is 64.0 Å². The lowest BCUT2D eigenvalue weighted by Gasteiger charge is -2.40. The lowest BCUT2D eigenvalue weighted by Crippen LogP contribution is -2.33. The largest absolute Gasteiger partial charge is 0.411 e. The Morgan fingerprint density at radius 1 is 1.33 bits per heavy atom. The second-order valence-electron chi connectivity index (χ2n) is 8.36. The van der Waals surface area contributed by atoms with E-state index >= 15 is 0 Å². The zero-order chi connectivity index (χ0) is 17.7. The number of benzene rings is 1. The molecule has 2 saturated carbocycles. The molecule has 1 amide bonds. The van der Waals surface area contributed by atoms with Crippen molar-refractivity contribution >= 4 is 11.6 Å². The van der Waals surface area contributed by atoms with Crippen molar-refractivity contribution in [3.8, 4) is 0 Å². The van der Waals surface area contributed by atoms with Crippen molar-refractivity contribution in [3.63, 3.8) is 0 Å². The van der Waals surface area contributed by atoms with Gasteiger partial charge < -0.3 is 10.9 Å². The number of nitrogens with zero attached hydrogens (tertiary/aromatic N) is 1. The molecular weight excluding hydrogens is 300 g/mol. The molecular formula is C20H28N2O2. The predicted molar refractivity (Wildman–Crippen MR) is 95.1 cm³/mol. The van der Waals surface area contributed by atoms with Crippen molar-refractivity contribution in [3.05, 3.63) is 35.4 Å². The Bertz CT molecular complexity index is 695. The molecule has 0 heterocycles. The monoisotopic (exact) mass is 328 g/mol. The number of carbonyl (C=O) groups is 1. The number of carbonyl (C=O) groups excluding carboxylic acids is 1. The fraction of sp³-hybridized carbons (Fsp3) is 0.600. The molecule has 3 rings (SSSR count). The van der Waals surface area contributed by atoms with E-state index in [2.05, 4.69) is 32.0 Å². The van der Waals surface area contributed by atoms with Crippen LogP contribution in [0, 0.1) is 22.7 Å². The second kappa shape index (κ2) is 5.61. The topological polar surface area (TPSA) is 75.7 Å². The van der Waals surface area contributed by atoms with Crippen molar-refractivity contribution in [1.82, 2.24) is 0 Å². The number of primary amides is 1. The average Bonchev–Trinajstić information content (AvgIpc) is 2.89. The van der Waals surface area contributed by atoms with Gasteiger partial charge in [-0.3, -0.25) is 4.79 Å². The first-order valence-corrected chi connectivity index (χ1v) is 8.84. The zero-order valence-corrected chi connectivity index (χ0v) is 15.0. The number of hydrogen-bond acceptors (Lipinski definition) is 3. The van der Waals surface area contributed by atoms with E-state index in [1.54, 1.807) is 6.92 Å². The fourth-order valence-electron chi connectivity index (χ4n) is 5.22. The first-order valence-electron chi connectivity index (χ1n) is 8.84. The van der Waals surface area contributed by atoms with Crippen LogP contribution in [-0.4, -0.2) is 16.8 Å². The van der Waals surface area contributed by atoms with E-state index in [4.69, 9.17) is 5.73 Å². The number of oxime groups is 1. The average molecular weight is 328 g/mol. The summed E-state index contributed by atoms with van der Waals surface area (Å²) in [5.74, 6) is 0.0514. The maximum Gasteiger partial charge on any atom is 0.226 e. The van der Waals surface area contributed by atoms with E-state index in [-0.39, 0.29) is 5.41 Å². The summed E-state index contributed by atoms with van der Waals surface area (Å²) in [6, 6.07) is 8.04. The van der Waals surface area contributed by atoms with Crippen LogP contribution >= 0.6 is 0 Å². The summed E-state index contributed by atoms with van der Waals surface area (Å²) in [5, 5.41) is 13.0. The lowest BCUT2D eigenvalue weighted by atomic mass is 9.64. The molecule has 0 radical (unpaired) electrons. The number of rotatable bonds is 4. The van der Waals surface area contributed by atoms with Crippen molar-refractivity contribution in [1.29, 1.82) is 0 Å². The minimum atomic E-state index is -0.615. The number of nitrogens with two attached hydrogens (primary N) is 1. The van der Waals surface area contributed by atoms with Gasteiger partial charge >= 0.3 is 0 Å². The van der Waals surface area contributed by atoms with E-state index in [1.165, 1.54) is 18.4 Å². The molecule has 3 N–H and O–H groups in total. The van der Waals surface area contributed by atoms with E-state index in [1.807, 2.05) is 18.2 Å². The highest BCUT2D eigenvalue weighted by Crippen LogP contribution is 2.71. The Labute approximate surface area is 144 Å². The smallest absolute Gasteiger partial charge is 0.226 e. The van der Waals surface area contributed by atoms with Gasteiger partial charge in [-0.2, -0.15) is 0 Å². The maximum atomic E-state index is 11.6. The van der Waals surface area contributed by atoms with Gasteiger partial charge in [-0.1, -0.05) is 50.2 Å². The molecule has 4 nitrogen and oxygen atoms in total. The Morgan fingerprint density at radius 3 is 2.50 bits per heavy atom. The lowest BCUT2D eigenvalue weighted by molar-refractivity contribution is -0.119. The molecule has 4 unspecified atom stereocenters. The molecule has 2 aliphatic rings. The molecule has 2 fully saturated rings. The first kappa shape index (κ1) is 17.0. The van der Waals surface area contributed by atoms with Gasteiger partial charge in [0.25, 0.3) is 0 Å². The van der Waals surface area contributed by atoms with Crippen molar-refractivity contribution in [2.24, 2.45) is 33.6 Å². The van der Waals surface area contributed by atoms with Crippen LogP contribution < -0.4 is 5.73 Å². The molecule has 0 saturated heterocycles. The van der Waals surface area contributed by atoms with Gasteiger partial charge in [-0.15, -0.1) is 0 Å². The molecule has 0 spiro atoms. The molecule has 1 aromatic carbocycles. The Morgan fingerprint density at radius 2 is 2.00 bits per heavy atom. The third kappa shape index (κ3) is 2.19. The molecule has 4 heteroatoms. The number of fused-ring (bicyclic) bond motifs is 2. The number of hydrogen-bond donors (Lipinski definition) is 2. The molecule has 130 valence electrons. The SMILES string of the molecule is CC(C(N)=O)C(=NO)c1ccccc1C1CC2CCC1(C)C2(C)C. The quantitative estimate of drug-likeness (QED) is 0.499. The van der Waals surface area contributed by atoms with Crippen LogP contribution in [0.3, 0.4) is 0 Å². The summed E-state index contributed by atoms with van der Waals surface area (Å²) in [7, 11) is 0. The van der Waals surface area contributed by atoms with Gasteiger partial charge in [-0.05, 0) is 54.4 Å². The van der Waals surface area contributed by atoms with Crippen LogP contribution in [0.15, 0.2) is 29.4 Å². The van der Waals surface area contributed by atoms with Crippen LogP contribution in [0.25, 0.3) is 0 Å². The minimum Gasteiger partial charge on any atom is -0.411 e. The molecule has 1 aromatic rings. The second-order valence-corrected chi connectivity index (χ2v) is 8.36. The summed E-state index contributed by atoms with van der Waals surface area (Å²) in [6.45, 7) is 8.87. The maximum absolute atomic E-state index is 11.6. The van der Waals surface area contributed by atoms with Crippen molar-refractivity contribution in [2.75, 3.05) is 0 Å². The molecule has 0 aliphatic heterocycles. The van der Waals surface area contributed by atoms with E-state index < -0.39 is 11.8 Å². The predicted octanol–water partition coefficient (Wildman–Crippen LogP) is 3.92. The summed E-state index contributed by atoms with van der Waals surface area (Å²) in [5.41, 5.74) is 8.41. The summed E-state index contributed by atoms with van der Waals surface area (Å²) in [6.07, 6.45) is 3.67. The third-order valence-corrected chi connectivity index (χ3v) is 7.35. The van der Waals surface area contributed by atoms with Gasteiger partial charge in [0.2, 0.25) is 5.91 Å². The molecule has 2 bridgehead atoms.